The molecule has 4 rings (SSSR count). The Hall–Kier alpha value is -1.72. The fourth-order valence-electron chi connectivity index (χ4n) is 4.30. The molecule has 1 aromatic rings. The zero-order valence-corrected chi connectivity index (χ0v) is 19.6. The zero-order chi connectivity index (χ0) is 22.7. The van der Waals surface area contributed by atoms with Gasteiger partial charge in [0.05, 0.1) is 35.2 Å². The maximum Gasteiger partial charge on any atom is 0.255 e. The van der Waals surface area contributed by atoms with Gasteiger partial charge in [0.1, 0.15) is 0 Å². The van der Waals surface area contributed by atoms with Crippen LogP contribution < -0.4 is 0 Å². The first-order chi connectivity index (χ1) is 15.4. The van der Waals surface area contributed by atoms with Gasteiger partial charge in [-0.3, -0.25) is 14.5 Å². The number of amides is 2. The van der Waals surface area contributed by atoms with Crippen molar-refractivity contribution < 1.29 is 22.7 Å². The van der Waals surface area contributed by atoms with Crippen molar-refractivity contribution in [2.24, 2.45) is 0 Å². The van der Waals surface area contributed by atoms with Crippen LogP contribution >= 0.6 is 11.6 Å². The monoisotopic (exact) mass is 484 g/mol. The highest BCUT2D eigenvalue weighted by Gasteiger charge is 2.30. The smallest absolute Gasteiger partial charge is 0.255 e. The quantitative estimate of drug-likeness (QED) is 0.612. The van der Waals surface area contributed by atoms with E-state index in [4.69, 9.17) is 16.3 Å². The van der Waals surface area contributed by atoms with Crippen LogP contribution in [0.4, 0.5) is 0 Å². The van der Waals surface area contributed by atoms with E-state index in [0.29, 0.717) is 45.9 Å². The summed E-state index contributed by atoms with van der Waals surface area (Å²) >= 11 is 6.28. The van der Waals surface area contributed by atoms with Crippen LogP contribution in [-0.2, 0) is 19.6 Å². The highest BCUT2D eigenvalue weighted by molar-refractivity contribution is 7.89. The molecule has 0 radical (unpaired) electrons. The Kier molecular flexibility index (Phi) is 7.36. The van der Waals surface area contributed by atoms with Gasteiger partial charge in [-0.2, -0.15) is 4.31 Å². The van der Waals surface area contributed by atoms with Gasteiger partial charge < -0.3 is 14.5 Å². The Bertz CT molecular complexity index is 953. The topological polar surface area (TPSA) is 90.5 Å². The van der Waals surface area contributed by atoms with Crippen molar-refractivity contribution in [3.8, 4) is 0 Å². The number of rotatable bonds is 5. The molecule has 0 spiro atoms. The summed E-state index contributed by atoms with van der Waals surface area (Å²) in [5.41, 5.74) is 0.183. The highest BCUT2D eigenvalue weighted by atomic mass is 35.5. The van der Waals surface area contributed by atoms with Gasteiger partial charge in [-0.15, -0.1) is 0 Å². The Morgan fingerprint density at radius 2 is 1.56 bits per heavy atom. The Balaban J connectivity index is 1.40. The van der Waals surface area contributed by atoms with Crippen molar-refractivity contribution in [3.05, 3.63) is 28.8 Å². The number of nitrogens with zero attached hydrogens (tertiary/aromatic N) is 4. The molecule has 32 heavy (non-hydrogen) atoms. The minimum Gasteiger partial charge on any atom is -0.379 e. The summed E-state index contributed by atoms with van der Waals surface area (Å²) in [5.74, 6) is -0.147. The molecule has 0 unspecified atom stereocenters. The number of hydrogen-bond acceptors (Lipinski definition) is 6. The van der Waals surface area contributed by atoms with Crippen LogP contribution in [0.25, 0.3) is 0 Å². The molecule has 9 nitrogen and oxygen atoms in total. The molecule has 3 fully saturated rings. The molecule has 3 heterocycles. The van der Waals surface area contributed by atoms with Gasteiger partial charge in [-0.1, -0.05) is 11.6 Å². The molecule has 1 aromatic carbocycles. The van der Waals surface area contributed by atoms with Crippen molar-refractivity contribution in [1.29, 1.82) is 0 Å². The summed E-state index contributed by atoms with van der Waals surface area (Å²) in [6.45, 7) is 5.41. The van der Waals surface area contributed by atoms with E-state index in [2.05, 4.69) is 4.90 Å². The number of hydrogen-bond donors (Lipinski definition) is 0. The normalized spacial score (nSPS) is 21.2. The highest BCUT2D eigenvalue weighted by Crippen LogP contribution is 2.25. The predicted octanol–water partition coefficient (Wildman–Crippen LogP) is 0.741. The minimum atomic E-state index is -3.72. The molecule has 0 aromatic heterocycles. The summed E-state index contributed by atoms with van der Waals surface area (Å²) < 4.78 is 32.5. The van der Waals surface area contributed by atoms with E-state index in [1.54, 1.807) is 4.90 Å². The minimum absolute atomic E-state index is 0.0574. The second-order valence-electron chi connectivity index (χ2n) is 8.31. The van der Waals surface area contributed by atoms with Crippen molar-refractivity contribution in [2.75, 3.05) is 72.1 Å². The number of carbonyl (C=O) groups is 2. The van der Waals surface area contributed by atoms with Crippen LogP contribution in [0.3, 0.4) is 0 Å². The summed E-state index contributed by atoms with van der Waals surface area (Å²) in [6.07, 6.45) is 2.13. The van der Waals surface area contributed by atoms with Gasteiger partial charge in [-0.05, 0) is 31.0 Å². The number of ether oxygens (including phenoxy) is 1. The molecule has 176 valence electrons. The van der Waals surface area contributed by atoms with E-state index >= 15 is 0 Å². The van der Waals surface area contributed by atoms with E-state index in [1.165, 1.54) is 22.5 Å². The lowest BCUT2D eigenvalue weighted by Gasteiger charge is -2.35. The average Bonchev–Trinajstić information content (AvgIpc) is 3.35. The van der Waals surface area contributed by atoms with Crippen LogP contribution in [-0.4, -0.2) is 111 Å². The maximum atomic E-state index is 13.1. The first-order valence-electron chi connectivity index (χ1n) is 11.0. The van der Waals surface area contributed by atoms with Crippen LogP contribution in [0.2, 0.25) is 5.02 Å². The molecule has 0 N–H and O–H groups in total. The SMILES string of the molecule is O=C(CN1CCN(C(=O)c2cc(S(=O)(=O)N3CCOCC3)ccc2Cl)CC1)N1CCCC1. The predicted molar refractivity (Wildman–Crippen MR) is 119 cm³/mol. The number of sulfonamides is 1. The number of likely N-dealkylation sites (tertiary alicyclic amines) is 1. The van der Waals surface area contributed by atoms with E-state index in [-0.39, 0.29) is 40.4 Å². The van der Waals surface area contributed by atoms with E-state index < -0.39 is 10.0 Å². The number of benzene rings is 1. The third-order valence-electron chi connectivity index (χ3n) is 6.25. The van der Waals surface area contributed by atoms with Gasteiger partial charge in [-0.25, -0.2) is 8.42 Å². The lowest BCUT2D eigenvalue weighted by molar-refractivity contribution is -0.131. The molecule has 0 atom stereocenters. The lowest BCUT2D eigenvalue weighted by atomic mass is 10.1. The number of carbonyl (C=O) groups excluding carboxylic acids is 2. The van der Waals surface area contributed by atoms with E-state index in [1.807, 2.05) is 4.90 Å². The third kappa shape index (κ3) is 5.09. The maximum absolute atomic E-state index is 13.1. The average molecular weight is 485 g/mol. The summed E-state index contributed by atoms with van der Waals surface area (Å²) in [6, 6.07) is 4.28. The molecule has 3 aliphatic rings. The zero-order valence-electron chi connectivity index (χ0n) is 18.0. The summed E-state index contributed by atoms with van der Waals surface area (Å²) in [5, 5.41) is 0.225. The van der Waals surface area contributed by atoms with Gasteiger partial charge in [0, 0.05) is 52.4 Å². The molecular weight excluding hydrogens is 456 g/mol. The van der Waals surface area contributed by atoms with Crippen LogP contribution in [0.15, 0.2) is 23.1 Å². The second-order valence-corrected chi connectivity index (χ2v) is 10.7. The largest absolute Gasteiger partial charge is 0.379 e. The van der Waals surface area contributed by atoms with Gasteiger partial charge in [0.15, 0.2) is 0 Å². The van der Waals surface area contributed by atoms with Crippen molar-refractivity contribution in [2.45, 2.75) is 17.7 Å². The lowest BCUT2D eigenvalue weighted by Crippen LogP contribution is -2.51. The number of morpholine rings is 1. The fraction of sp³-hybridized carbons (Fsp3) is 0.619. The number of halogens is 1. The van der Waals surface area contributed by atoms with E-state index in [0.717, 1.165) is 25.9 Å². The first-order valence-corrected chi connectivity index (χ1v) is 12.8. The molecule has 11 heteroatoms. The number of piperazine rings is 1. The van der Waals surface area contributed by atoms with Crippen molar-refractivity contribution in [3.63, 3.8) is 0 Å². The summed E-state index contributed by atoms with van der Waals surface area (Å²) in [7, 11) is -3.72. The molecular formula is C21H29ClN4O5S. The van der Waals surface area contributed by atoms with E-state index in [9.17, 15) is 18.0 Å². The fourth-order valence-corrected chi connectivity index (χ4v) is 5.94. The molecule has 3 aliphatic heterocycles. The molecule has 2 amide bonds. The Morgan fingerprint density at radius 1 is 0.906 bits per heavy atom. The Morgan fingerprint density at radius 3 is 2.22 bits per heavy atom. The van der Waals surface area contributed by atoms with Crippen molar-refractivity contribution >= 4 is 33.4 Å². The van der Waals surface area contributed by atoms with Crippen molar-refractivity contribution in [1.82, 2.24) is 19.0 Å². The second kappa shape index (κ2) is 10.0. The molecule has 0 saturated carbocycles. The van der Waals surface area contributed by atoms with Gasteiger partial charge in [0.2, 0.25) is 15.9 Å². The molecule has 0 bridgehead atoms. The van der Waals surface area contributed by atoms with Gasteiger partial charge >= 0.3 is 0 Å². The van der Waals surface area contributed by atoms with Crippen LogP contribution in [0, 0.1) is 0 Å². The first kappa shape index (κ1) is 23.4. The Labute approximate surface area is 193 Å². The molecule has 3 saturated heterocycles. The third-order valence-corrected chi connectivity index (χ3v) is 8.48. The summed E-state index contributed by atoms with van der Waals surface area (Å²) in [4.78, 5) is 31.2. The molecule has 0 aliphatic carbocycles. The van der Waals surface area contributed by atoms with Crippen LogP contribution in [0.5, 0.6) is 0 Å². The van der Waals surface area contributed by atoms with Gasteiger partial charge in [0.25, 0.3) is 5.91 Å². The van der Waals surface area contributed by atoms with Crippen LogP contribution in [0.1, 0.15) is 23.2 Å². The standard InChI is InChI=1S/C21H29ClN4O5S/c22-19-4-3-17(32(29,30)26-11-13-31-14-12-26)15-18(19)21(28)25-9-7-23(8-10-25)16-20(27)24-5-1-2-6-24/h3-4,15H,1-2,5-14,16H2.